The SMILES string of the molecule is C[C@@H](C#N)CCC#N. The van der Waals surface area contributed by atoms with Crippen molar-refractivity contribution >= 4 is 0 Å². The predicted octanol–water partition coefficient (Wildman–Crippen LogP) is 1.45. The van der Waals surface area contributed by atoms with Gasteiger partial charge in [-0.2, -0.15) is 10.5 Å². The molecule has 0 N–H and O–H groups in total. The van der Waals surface area contributed by atoms with Crippen LogP contribution in [0, 0.1) is 28.6 Å². The van der Waals surface area contributed by atoms with Gasteiger partial charge in [-0.1, -0.05) is 0 Å². The molecule has 0 saturated carbocycles. The van der Waals surface area contributed by atoms with E-state index in [-0.39, 0.29) is 5.92 Å². The van der Waals surface area contributed by atoms with Crippen molar-refractivity contribution in [1.29, 1.82) is 10.5 Å². The summed E-state index contributed by atoms with van der Waals surface area (Å²) in [5, 5.41) is 16.3. The lowest BCUT2D eigenvalue weighted by atomic mass is 10.1. The third kappa shape index (κ3) is 3.18. The van der Waals surface area contributed by atoms with Crippen molar-refractivity contribution in [3.05, 3.63) is 0 Å². The van der Waals surface area contributed by atoms with E-state index in [9.17, 15) is 0 Å². The topological polar surface area (TPSA) is 47.6 Å². The Bertz CT molecular complexity index is 126. The van der Waals surface area contributed by atoms with E-state index in [0.717, 1.165) is 0 Å². The van der Waals surface area contributed by atoms with Gasteiger partial charge < -0.3 is 0 Å². The van der Waals surface area contributed by atoms with E-state index in [1.54, 1.807) is 0 Å². The molecule has 0 aliphatic heterocycles. The maximum atomic E-state index is 8.20. The van der Waals surface area contributed by atoms with E-state index >= 15 is 0 Å². The zero-order valence-electron chi connectivity index (χ0n) is 4.89. The molecule has 1 atom stereocenters. The first kappa shape index (κ1) is 6.98. The Hall–Kier alpha value is -1.02. The van der Waals surface area contributed by atoms with Gasteiger partial charge in [0, 0.05) is 12.3 Å². The second-order valence-corrected chi connectivity index (χ2v) is 1.73. The molecule has 0 aromatic rings. The van der Waals surface area contributed by atoms with E-state index in [0.29, 0.717) is 12.8 Å². The van der Waals surface area contributed by atoms with Crippen LogP contribution >= 0.6 is 0 Å². The van der Waals surface area contributed by atoms with Crippen molar-refractivity contribution in [2.24, 2.45) is 5.92 Å². The number of nitriles is 2. The van der Waals surface area contributed by atoms with Crippen molar-refractivity contribution in [3.8, 4) is 12.1 Å². The van der Waals surface area contributed by atoms with E-state index in [1.165, 1.54) is 0 Å². The van der Waals surface area contributed by atoms with Gasteiger partial charge in [-0.15, -0.1) is 0 Å². The van der Waals surface area contributed by atoms with E-state index in [4.69, 9.17) is 10.5 Å². The molecule has 0 aromatic heterocycles. The van der Waals surface area contributed by atoms with E-state index < -0.39 is 0 Å². The Labute approximate surface area is 49.3 Å². The molecular formula is C6H8N2. The van der Waals surface area contributed by atoms with Crippen molar-refractivity contribution in [3.63, 3.8) is 0 Å². The Morgan fingerprint density at radius 2 is 2.12 bits per heavy atom. The van der Waals surface area contributed by atoms with Gasteiger partial charge in [0.2, 0.25) is 0 Å². The Kier molecular flexibility index (Phi) is 3.62. The highest BCUT2D eigenvalue weighted by atomic mass is 14.3. The summed E-state index contributed by atoms with van der Waals surface area (Å²) in [6.07, 6.45) is 1.20. The fourth-order valence-corrected chi connectivity index (χ4v) is 0.346. The summed E-state index contributed by atoms with van der Waals surface area (Å²) in [6.45, 7) is 1.82. The Morgan fingerprint density at radius 3 is 2.50 bits per heavy atom. The molecule has 0 aliphatic rings. The van der Waals surface area contributed by atoms with Gasteiger partial charge in [-0.05, 0) is 13.3 Å². The molecule has 0 aliphatic carbocycles. The van der Waals surface area contributed by atoms with E-state index in [1.807, 2.05) is 19.1 Å². The van der Waals surface area contributed by atoms with Crippen LogP contribution in [0.25, 0.3) is 0 Å². The van der Waals surface area contributed by atoms with Gasteiger partial charge in [0.05, 0.1) is 12.1 Å². The van der Waals surface area contributed by atoms with Gasteiger partial charge in [0.15, 0.2) is 0 Å². The van der Waals surface area contributed by atoms with Crippen LogP contribution in [-0.2, 0) is 0 Å². The second-order valence-electron chi connectivity index (χ2n) is 1.73. The Balaban J connectivity index is 3.18. The molecule has 0 unspecified atom stereocenters. The maximum absolute atomic E-state index is 8.20. The largest absolute Gasteiger partial charge is 0.198 e. The summed E-state index contributed by atoms with van der Waals surface area (Å²) in [5.41, 5.74) is 0. The van der Waals surface area contributed by atoms with Crippen LogP contribution in [0.1, 0.15) is 19.8 Å². The molecular weight excluding hydrogens is 100 g/mol. The molecule has 0 aromatic carbocycles. The van der Waals surface area contributed by atoms with Crippen molar-refractivity contribution in [2.75, 3.05) is 0 Å². The fraction of sp³-hybridized carbons (Fsp3) is 0.667. The van der Waals surface area contributed by atoms with Crippen LogP contribution < -0.4 is 0 Å². The molecule has 0 spiro atoms. The van der Waals surface area contributed by atoms with Gasteiger partial charge in [-0.25, -0.2) is 0 Å². The molecule has 2 nitrogen and oxygen atoms in total. The molecule has 42 valence electrons. The second kappa shape index (κ2) is 4.15. The third-order valence-corrected chi connectivity index (χ3v) is 0.910. The van der Waals surface area contributed by atoms with Crippen LogP contribution in [0.15, 0.2) is 0 Å². The smallest absolute Gasteiger partial charge is 0.0653 e. The summed E-state index contributed by atoms with van der Waals surface area (Å²) in [6, 6.07) is 4.03. The Morgan fingerprint density at radius 1 is 1.50 bits per heavy atom. The monoisotopic (exact) mass is 108 g/mol. The number of rotatable bonds is 2. The predicted molar refractivity (Wildman–Crippen MR) is 29.6 cm³/mol. The lowest BCUT2D eigenvalue weighted by Gasteiger charge is -1.91. The average molecular weight is 108 g/mol. The molecule has 0 saturated heterocycles. The highest BCUT2D eigenvalue weighted by Crippen LogP contribution is 2.00. The minimum atomic E-state index is 0.0367. The van der Waals surface area contributed by atoms with Crippen LogP contribution in [0.5, 0.6) is 0 Å². The van der Waals surface area contributed by atoms with E-state index in [2.05, 4.69) is 0 Å². The van der Waals surface area contributed by atoms with Crippen molar-refractivity contribution < 1.29 is 0 Å². The summed E-state index contributed by atoms with van der Waals surface area (Å²) in [4.78, 5) is 0. The van der Waals surface area contributed by atoms with Gasteiger partial charge >= 0.3 is 0 Å². The third-order valence-electron chi connectivity index (χ3n) is 0.910. The quantitative estimate of drug-likeness (QED) is 0.537. The minimum Gasteiger partial charge on any atom is -0.198 e. The maximum Gasteiger partial charge on any atom is 0.0653 e. The van der Waals surface area contributed by atoms with Crippen LogP contribution in [0.4, 0.5) is 0 Å². The van der Waals surface area contributed by atoms with Gasteiger partial charge in [-0.3, -0.25) is 0 Å². The molecule has 0 fully saturated rings. The number of hydrogen-bond acceptors (Lipinski definition) is 2. The molecule has 0 rings (SSSR count). The first-order chi connectivity index (χ1) is 3.81. The summed E-state index contributed by atoms with van der Waals surface area (Å²) < 4.78 is 0. The highest BCUT2D eigenvalue weighted by molar-refractivity contribution is 4.82. The summed E-state index contributed by atoms with van der Waals surface area (Å²) in [5.74, 6) is 0.0367. The molecule has 0 bridgehead atoms. The van der Waals surface area contributed by atoms with Gasteiger partial charge in [0.25, 0.3) is 0 Å². The zero-order valence-corrected chi connectivity index (χ0v) is 4.89. The van der Waals surface area contributed by atoms with Crippen LogP contribution in [0.3, 0.4) is 0 Å². The zero-order chi connectivity index (χ0) is 6.41. The molecule has 0 radical (unpaired) electrons. The molecule has 2 heteroatoms. The first-order valence-corrected chi connectivity index (χ1v) is 2.58. The average Bonchev–Trinajstić information content (AvgIpc) is 1.83. The van der Waals surface area contributed by atoms with Crippen molar-refractivity contribution in [1.82, 2.24) is 0 Å². The van der Waals surface area contributed by atoms with Crippen LogP contribution in [0.2, 0.25) is 0 Å². The minimum absolute atomic E-state index is 0.0367. The lowest BCUT2D eigenvalue weighted by Crippen LogP contribution is -1.86. The summed E-state index contributed by atoms with van der Waals surface area (Å²) >= 11 is 0. The molecule has 0 amide bonds. The number of nitrogens with zero attached hydrogens (tertiary/aromatic N) is 2. The normalized spacial score (nSPS) is 11.4. The highest BCUT2D eigenvalue weighted by Gasteiger charge is 1.95. The standard InChI is InChI=1S/C6H8N2/c1-6(5-8)3-2-4-7/h6H,2-3H2,1H3/t6-/m1/s1. The lowest BCUT2D eigenvalue weighted by molar-refractivity contribution is 0.675. The fourth-order valence-electron chi connectivity index (χ4n) is 0.346. The molecule has 8 heavy (non-hydrogen) atoms. The molecule has 0 heterocycles. The number of hydrogen-bond donors (Lipinski definition) is 0. The van der Waals surface area contributed by atoms with Crippen molar-refractivity contribution in [2.45, 2.75) is 19.8 Å². The summed E-state index contributed by atoms with van der Waals surface area (Å²) in [7, 11) is 0. The van der Waals surface area contributed by atoms with Crippen LogP contribution in [-0.4, -0.2) is 0 Å². The first-order valence-electron chi connectivity index (χ1n) is 2.58. The van der Waals surface area contributed by atoms with Gasteiger partial charge in [0.1, 0.15) is 0 Å².